The van der Waals surface area contributed by atoms with E-state index in [1.54, 1.807) is 62.4 Å². The molecule has 0 saturated carbocycles. The molecule has 0 radical (unpaired) electrons. The molecule has 0 aliphatic carbocycles. The molecule has 0 aliphatic heterocycles. The number of nitrogens with two attached hydrogens (primary N) is 1. The van der Waals surface area contributed by atoms with Gasteiger partial charge in [-0.15, -0.1) is 0 Å². The van der Waals surface area contributed by atoms with Gasteiger partial charge in [0.05, 0.1) is 35.0 Å². The average Bonchev–Trinajstić information content (AvgIpc) is 3.57. The Hall–Kier alpha value is -5.56. The summed E-state index contributed by atoms with van der Waals surface area (Å²) < 4.78 is 49.1. The molecule has 13 heteroatoms. The summed E-state index contributed by atoms with van der Waals surface area (Å²) in [6.07, 6.45) is 4.24. The van der Waals surface area contributed by atoms with Crippen LogP contribution in [0.2, 0.25) is 0 Å². The van der Waals surface area contributed by atoms with E-state index < -0.39 is 21.6 Å². The monoisotopic (exact) mass is 597 g/mol. The van der Waals surface area contributed by atoms with Crippen LogP contribution in [0.4, 0.5) is 15.9 Å². The minimum Gasteiger partial charge on any atom is -0.436 e. The first-order chi connectivity index (χ1) is 20.6. The first-order valence-corrected chi connectivity index (χ1v) is 14.4. The molecule has 0 aliphatic rings. The number of carbonyl (C=O) groups excluding carboxylic acids is 1. The van der Waals surface area contributed by atoms with Crippen LogP contribution < -0.4 is 15.2 Å². The normalized spacial score (nSPS) is 11.5. The van der Waals surface area contributed by atoms with Crippen LogP contribution in [-0.4, -0.2) is 38.9 Å². The van der Waals surface area contributed by atoms with E-state index in [0.717, 1.165) is 0 Å². The zero-order valence-electron chi connectivity index (χ0n) is 22.9. The molecular weight excluding hydrogens is 573 g/mol. The van der Waals surface area contributed by atoms with Crippen LogP contribution in [0.1, 0.15) is 27.2 Å². The number of anilines is 2. The van der Waals surface area contributed by atoms with E-state index >= 15 is 0 Å². The first-order valence-electron chi connectivity index (χ1n) is 13.0. The van der Waals surface area contributed by atoms with Gasteiger partial charge in [0, 0.05) is 23.2 Å². The van der Waals surface area contributed by atoms with Crippen LogP contribution in [-0.2, 0) is 10.0 Å². The van der Waals surface area contributed by atoms with Crippen molar-refractivity contribution in [2.75, 3.05) is 10.5 Å². The fraction of sp³-hybridized carbons (Fsp3) is 0.0667. The smallest absolute Gasteiger partial charge is 0.279 e. The summed E-state index contributed by atoms with van der Waals surface area (Å²) in [6, 6.07) is 17.3. The van der Waals surface area contributed by atoms with Crippen molar-refractivity contribution in [2.24, 2.45) is 0 Å². The van der Waals surface area contributed by atoms with Gasteiger partial charge in [0.1, 0.15) is 5.82 Å². The maximum Gasteiger partial charge on any atom is 0.279 e. The third kappa shape index (κ3) is 5.28. The molecule has 4 aromatic heterocycles. The highest BCUT2D eigenvalue weighted by Crippen LogP contribution is 2.29. The molecule has 4 heterocycles. The minimum absolute atomic E-state index is 0.0416. The number of sulfonamides is 1. The average molecular weight is 598 g/mol. The first kappa shape index (κ1) is 27.6. The summed E-state index contributed by atoms with van der Waals surface area (Å²) in [5, 5.41) is 4.90. The Bertz CT molecular complexity index is 2130. The lowest BCUT2D eigenvalue weighted by molar-refractivity contribution is 0.103. The summed E-state index contributed by atoms with van der Waals surface area (Å²) in [6.45, 7) is 3.54. The van der Waals surface area contributed by atoms with Gasteiger partial charge in [-0.25, -0.2) is 19.0 Å². The fourth-order valence-electron chi connectivity index (χ4n) is 4.54. The number of aromatic nitrogens is 5. The molecule has 0 atom stereocenters. The third-order valence-corrected chi connectivity index (χ3v) is 8.04. The highest BCUT2D eigenvalue weighted by molar-refractivity contribution is 7.92. The lowest BCUT2D eigenvalue weighted by Crippen LogP contribution is -2.15. The molecule has 216 valence electrons. The van der Waals surface area contributed by atoms with Crippen molar-refractivity contribution < 1.29 is 22.3 Å². The van der Waals surface area contributed by atoms with E-state index in [1.165, 1.54) is 41.5 Å². The Morgan fingerprint density at radius 3 is 2.53 bits per heavy atom. The molecule has 6 aromatic rings. The van der Waals surface area contributed by atoms with Gasteiger partial charge in [-0.3, -0.25) is 9.52 Å². The van der Waals surface area contributed by atoms with Crippen LogP contribution in [0.15, 0.2) is 90.3 Å². The molecule has 43 heavy (non-hydrogen) atoms. The van der Waals surface area contributed by atoms with Crippen LogP contribution in [0.3, 0.4) is 0 Å². The number of hydrogen-bond donors (Lipinski definition) is 3. The van der Waals surface area contributed by atoms with Crippen LogP contribution >= 0.6 is 0 Å². The second kappa shape index (κ2) is 10.7. The van der Waals surface area contributed by atoms with Gasteiger partial charge in [0.15, 0.2) is 16.6 Å². The molecule has 0 unspecified atom stereocenters. The van der Waals surface area contributed by atoms with E-state index in [4.69, 9.17) is 10.5 Å². The summed E-state index contributed by atoms with van der Waals surface area (Å²) in [5.41, 5.74) is 9.50. The SMILES string of the molecule is Cc1cc2cc(C(=O)c3cnn(-c4cnc(Oc5ccccc5F)cc4C)c3N)[nH]c2cc1NS(=O)(=O)c1ccccn1. The number of benzene rings is 2. The predicted molar refractivity (Wildman–Crippen MR) is 158 cm³/mol. The van der Waals surface area contributed by atoms with Gasteiger partial charge in [0.25, 0.3) is 10.0 Å². The number of aromatic amines is 1. The fourth-order valence-corrected chi connectivity index (χ4v) is 5.61. The molecule has 4 N–H and O–H groups in total. The number of ether oxygens (including phenoxy) is 1. The summed E-state index contributed by atoms with van der Waals surface area (Å²) in [7, 11) is -3.91. The topological polar surface area (TPSA) is 158 Å². The molecule has 0 amide bonds. The molecular formula is C30H24FN7O4S. The van der Waals surface area contributed by atoms with Crippen molar-refractivity contribution in [3.8, 4) is 17.3 Å². The Labute approximate surface area is 245 Å². The number of rotatable bonds is 8. The number of carbonyl (C=O) groups is 1. The van der Waals surface area contributed by atoms with Crippen molar-refractivity contribution in [1.82, 2.24) is 24.7 Å². The molecule has 2 aromatic carbocycles. The van der Waals surface area contributed by atoms with E-state index in [0.29, 0.717) is 33.4 Å². The van der Waals surface area contributed by atoms with Crippen molar-refractivity contribution in [1.29, 1.82) is 0 Å². The number of H-pyrrole nitrogens is 1. The predicted octanol–water partition coefficient (Wildman–Crippen LogP) is 5.31. The van der Waals surface area contributed by atoms with Crippen LogP contribution in [0, 0.1) is 19.7 Å². The summed E-state index contributed by atoms with van der Waals surface area (Å²) in [5.74, 6) is -0.599. The van der Waals surface area contributed by atoms with Crippen molar-refractivity contribution in [2.45, 2.75) is 18.9 Å². The zero-order chi connectivity index (χ0) is 30.3. The van der Waals surface area contributed by atoms with Gasteiger partial charge in [0.2, 0.25) is 11.7 Å². The van der Waals surface area contributed by atoms with Crippen molar-refractivity contribution in [3.05, 3.63) is 114 Å². The summed E-state index contributed by atoms with van der Waals surface area (Å²) >= 11 is 0. The molecule has 0 bridgehead atoms. The highest BCUT2D eigenvalue weighted by atomic mass is 32.2. The zero-order valence-corrected chi connectivity index (χ0v) is 23.7. The van der Waals surface area contributed by atoms with Gasteiger partial charge < -0.3 is 15.5 Å². The van der Waals surface area contributed by atoms with Crippen molar-refractivity contribution >= 4 is 38.2 Å². The molecule has 0 fully saturated rings. The standard InChI is InChI=1S/C30H24FN7O4S/c1-17-11-19-13-24(36-23(19)14-22(17)37-43(40,41)28-9-5-6-10-33-28)29(39)20-15-35-38(30(20)32)25-16-34-27(12-18(25)2)42-26-8-4-3-7-21(26)31/h3-16,36-37H,32H2,1-2H3. The second-order valence-corrected chi connectivity index (χ2v) is 11.4. The molecule has 0 spiro atoms. The number of aryl methyl sites for hydroxylation is 2. The number of halogens is 1. The highest BCUT2D eigenvalue weighted by Gasteiger charge is 2.22. The Morgan fingerprint density at radius 2 is 1.79 bits per heavy atom. The molecule has 0 saturated heterocycles. The third-order valence-electron chi connectivity index (χ3n) is 6.76. The van der Waals surface area contributed by atoms with E-state index in [9.17, 15) is 17.6 Å². The largest absolute Gasteiger partial charge is 0.436 e. The van der Waals surface area contributed by atoms with Gasteiger partial charge in [-0.1, -0.05) is 18.2 Å². The quantitative estimate of drug-likeness (QED) is 0.199. The Kier molecular flexibility index (Phi) is 6.86. The van der Waals surface area contributed by atoms with E-state index in [-0.39, 0.29) is 33.7 Å². The maximum absolute atomic E-state index is 14.0. The van der Waals surface area contributed by atoms with Gasteiger partial charge in [-0.05, 0) is 67.4 Å². The number of ketones is 1. The number of nitrogen functional groups attached to an aromatic ring is 1. The number of pyridine rings is 2. The number of nitrogens with zero attached hydrogens (tertiary/aromatic N) is 4. The van der Waals surface area contributed by atoms with Gasteiger partial charge in [-0.2, -0.15) is 13.5 Å². The summed E-state index contributed by atoms with van der Waals surface area (Å²) in [4.78, 5) is 24.7. The number of hydrogen-bond acceptors (Lipinski definition) is 8. The number of para-hydroxylation sites is 1. The van der Waals surface area contributed by atoms with Crippen LogP contribution in [0.25, 0.3) is 16.6 Å². The van der Waals surface area contributed by atoms with Crippen LogP contribution in [0.5, 0.6) is 11.6 Å². The Morgan fingerprint density at radius 1 is 1.00 bits per heavy atom. The number of nitrogens with one attached hydrogen (secondary N) is 2. The number of fused-ring (bicyclic) bond motifs is 1. The Balaban J connectivity index is 1.26. The molecule has 6 rings (SSSR count). The lowest BCUT2D eigenvalue weighted by Gasteiger charge is -2.11. The van der Waals surface area contributed by atoms with E-state index in [2.05, 4.69) is 24.8 Å². The van der Waals surface area contributed by atoms with E-state index in [1.807, 2.05) is 0 Å². The second-order valence-electron chi connectivity index (χ2n) is 9.74. The lowest BCUT2D eigenvalue weighted by atomic mass is 10.1. The minimum atomic E-state index is -3.91. The maximum atomic E-state index is 14.0. The van der Waals surface area contributed by atoms with Gasteiger partial charge >= 0.3 is 0 Å². The van der Waals surface area contributed by atoms with Crippen molar-refractivity contribution in [3.63, 3.8) is 0 Å². The molecule has 11 nitrogen and oxygen atoms in total.